The van der Waals surface area contributed by atoms with Gasteiger partial charge in [0.2, 0.25) is 0 Å². The van der Waals surface area contributed by atoms with Crippen molar-refractivity contribution in [1.29, 1.82) is 0 Å². The third-order valence-corrected chi connectivity index (χ3v) is 0. The summed E-state index contributed by atoms with van der Waals surface area (Å²) in [5, 5.41) is 0. The normalized spacial score (nSPS) is 0. The Kier molecular flexibility index (Phi) is 5930. The van der Waals surface area contributed by atoms with Crippen LogP contribution < -0.4 is 0 Å². The first-order valence-electron chi connectivity index (χ1n) is 0. The maximum absolute atomic E-state index is 0. The molecule has 8 heteroatoms. The van der Waals surface area contributed by atoms with Gasteiger partial charge in [-0.3, -0.25) is 0 Å². The summed E-state index contributed by atoms with van der Waals surface area (Å²) in [7, 11) is 0. The van der Waals surface area contributed by atoms with Crippen LogP contribution in [-0.4, -0.2) is 25.2 Å². The van der Waals surface area contributed by atoms with Crippen molar-refractivity contribution >= 4 is 25.2 Å². The van der Waals surface area contributed by atoms with Gasteiger partial charge in [0, 0.05) is 25.2 Å². The van der Waals surface area contributed by atoms with Gasteiger partial charge in [0.05, 0.1) is 0 Å². The molecular weight excluding hydrogens is 251 g/mol. The van der Waals surface area contributed by atoms with E-state index < -0.39 is 0 Å². The van der Waals surface area contributed by atoms with Crippen LogP contribution in [0.3, 0.4) is 0 Å². The van der Waals surface area contributed by atoms with Gasteiger partial charge in [0.15, 0.2) is 0 Å². The predicted molar refractivity (Wildman–Crippen MR) is 24.0 cm³/mol. The molecule has 0 atom stereocenters. The van der Waals surface area contributed by atoms with Gasteiger partial charge in [-0.05, 0) is 0 Å². The number of hydrogen-bond acceptors (Lipinski definition) is 0. The van der Waals surface area contributed by atoms with Crippen LogP contribution in [0.25, 0.3) is 12.3 Å². The summed E-state index contributed by atoms with van der Waals surface area (Å²) in [6, 6.07) is 0. The molecule has 12 radical (unpaired) electrons. The fourth-order valence-electron chi connectivity index (χ4n) is 0. The van der Waals surface area contributed by atoms with Gasteiger partial charge in [-0.1, -0.05) is 0 Å². The summed E-state index contributed by atoms with van der Waals surface area (Å²) in [5.41, 5.74) is 0. The molecule has 0 aliphatic heterocycles. The molecule has 0 rings (SSSR count). The van der Waals surface area contributed by atoms with Crippen LogP contribution in [0.1, 0.15) is 0 Å². The fraction of sp³-hybridized carbons (Fsp3) is 0. The molecule has 0 saturated heterocycles. The molecule has 0 saturated carbocycles. The van der Waals surface area contributed by atoms with Crippen molar-refractivity contribution in [1.82, 2.24) is 0 Å². The van der Waals surface area contributed by atoms with Crippen LogP contribution >= 0.6 is 0 Å². The predicted octanol–water partition coefficient (Wildman–Crippen LogP) is -0.573. The zero-order valence-electron chi connectivity index (χ0n) is 3.53. The van der Waals surface area contributed by atoms with Crippen LogP contribution in [0.2, 0.25) is 0 Å². The van der Waals surface area contributed by atoms with Crippen LogP contribution in [0.5, 0.6) is 0 Å². The zero-order valence-corrected chi connectivity index (χ0v) is 6.36. The van der Waals surface area contributed by atoms with E-state index in [9.17, 15) is 0 Å². The van der Waals surface area contributed by atoms with E-state index in [4.69, 9.17) is 0 Å². The molecule has 0 heterocycles. The average Bonchev–Trinajstić information content (AvgIpc) is 0. The Morgan fingerprint density at radius 3 is 0.375 bits per heavy atom. The summed E-state index contributed by atoms with van der Waals surface area (Å²) in [4.78, 5) is 0. The topological polar surface area (TPSA) is 61.0 Å². The van der Waals surface area contributed by atoms with Crippen molar-refractivity contribution < 1.29 is 51.2 Å². The molecule has 52 valence electrons. The van der Waals surface area contributed by atoms with Gasteiger partial charge >= 0.3 is 51.2 Å². The minimum atomic E-state index is 0. The van der Waals surface area contributed by atoms with Crippen LogP contribution in [0.15, 0.2) is 0 Å². The van der Waals surface area contributed by atoms with E-state index in [1.54, 1.807) is 0 Å². The third-order valence-electron chi connectivity index (χ3n) is 0. The van der Waals surface area contributed by atoms with Gasteiger partial charge in [-0.25, -0.2) is 0 Å². The molecule has 0 aromatic rings. The fourth-order valence-corrected chi connectivity index (χ4v) is 0. The van der Waals surface area contributed by atoms with E-state index in [2.05, 4.69) is 0 Å². The summed E-state index contributed by atoms with van der Waals surface area (Å²) < 4.78 is 0. The van der Waals surface area contributed by atoms with Crippen molar-refractivity contribution in [3.63, 3.8) is 0 Å². The molecule has 8 heavy (non-hydrogen) atoms. The Morgan fingerprint density at radius 2 is 0.375 bits per heavy atom. The molecule has 0 bridgehead atoms. The van der Waals surface area contributed by atoms with Crippen LogP contribution in [0.4, 0.5) is 0 Å². The molecule has 0 N–H and O–H groups in total. The maximum Gasteiger partial charge on any atom is 2.00 e. The smallest absolute Gasteiger partial charge is 2.00 e. The molecule has 0 amide bonds. The van der Waals surface area contributed by atoms with E-state index >= 15 is 0 Å². The summed E-state index contributed by atoms with van der Waals surface area (Å²) >= 11 is 0. The quantitative estimate of drug-likeness (QED) is 0.517. The molecule has 0 unspecified atom stereocenters. The van der Waals surface area contributed by atoms with Crippen molar-refractivity contribution in [2.24, 2.45) is 0 Å². The number of nitrogens with zero attached hydrogens (tertiary/aromatic N) is 2. The van der Waals surface area contributed by atoms with Crippen LogP contribution in [0, 0.1) is 0 Å². The van der Waals surface area contributed by atoms with Crippen molar-refractivity contribution in [2.45, 2.75) is 0 Å². The second kappa shape index (κ2) is 182. The first-order valence-corrected chi connectivity index (χ1v) is 0. The van der Waals surface area contributed by atoms with Crippen molar-refractivity contribution in [2.75, 3.05) is 0 Å². The second-order valence-corrected chi connectivity index (χ2v) is 0. The summed E-state index contributed by atoms with van der Waals surface area (Å²) in [5.74, 6) is 0. The maximum atomic E-state index is 0. The minimum absolute atomic E-state index is 0. The SMILES string of the molecule is [B].[B].[B].[Cu+2].[Cu+2].[Cu+2].[N-3].[N-3]. The summed E-state index contributed by atoms with van der Waals surface area (Å²) in [6.45, 7) is 0. The van der Waals surface area contributed by atoms with Crippen molar-refractivity contribution in [3.8, 4) is 0 Å². The van der Waals surface area contributed by atoms with E-state index in [1.807, 2.05) is 0 Å². The zero-order chi connectivity index (χ0) is 0. The molecule has 0 aromatic heterocycles. The first-order chi connectivity index (χ1) is 0. The Bertz CT molecular complexity index is 12.5. The van der Waals surface area contributed by atoms with Crippen LogP contribution in [-0.2, 0) is 51.2 Å². The van der Waals surface area contributed by atoms with E-state index in [0.29, 0.717) is 0 Å². The van der Waals surface area contributed by atoms with Gasteiger partial charge in [-0.15, -0.1) is 0 Å². The Morgan fingerprint density at radius 1 is 0.375 bits per heavy atom. The molecular formula is B3Cu3N2. The molecule has 0 spiro atoms. The monoisotopic (exact) mass is 250 g/mol. The second-order valence-electron chi connectivity index (χ2n) is 0. The first kappa shape index (κ1) is 260. The molecule has 2 nitrogen and oxygen atoms in total. The Hall–Kier alpha value is 1.67. The molecule has 0 aliphatic carbocycles. The molecule has 0 fully saturated rings. The van der Waals surface area contributed by atoms with E-state index in [0.717, 1.165) is 0 Å². The number of hydrogen-bond donors (Lipinski definition) is 0. The average molecular weight is 251 g/mol. The minimum Gasteiger partial charge on any atom is -3.00 e. The van der Waals surface area contributed by atoms with Gasteiger partial charge in [0.1, 0.15) is 0 Å². The van der Waals surface area contributed by atoms with Gasteiger partial charge in [0.25, 0.3) is 0 Å². The third kappa shape index (κ3) is 122. The van der Waals surface area contributed by atoms with Crippen molar-refractivity contribution in [3.05, 3.63) is 12.3 Å². The number of rotatable bonds is 0. The van der Waals surface area contributed by atoms with E-state index in [-0.39, 0.29) is 88.7 Å². The Labute approximate surface area is 88.4 Å². The largest absolute Gasteiger partial charge is 3.00 e. The standard InChI is InChI=1S/3B.3Cu.2N/q;;;3*+2;2*-3. The summed E-state index contributed by atoms with van der Waals surface area (Å²) in [6.07, 6.45) is 0. The van der Waals surface area contributed by atoms with E-state index in [1.165, 1.54) is 0 Å². The molecule has 0 aromatic carbocycles. The Balaban J connectivity index is 0. The van der Waals surface area contributed by atoms with Gasteiger partial charge < -0.3 is 12.3 Å². The molecule has 0 aliphatic rings. The van der Waals surface area contributed by atoms with Gasteiger partial charge in [-0.2, -0.15) is 0 Å².